The van der Waals surface area contributed by atoms with E-state index >= 15 is 0 Å². The Labute approximate surface area is 98.4 Å². The molecule has 1 aliphatic rings. The van der Waals surface area contributed by atoms with Crippen molar-refractivity contribution in [3.05, 3.63) is 35.9 Å². The molecular formula is C12H13NO4. The van der Waals surface area contributed by atoms with Gasteiger partial charge < -0.3 is 15.2 Å². The Bertz CT molecular complexity index is 429. The molecule has 5 nitrogen and oxygen atoms in total. The van der Waals surface area contributed by atoms with E-state index in [-0.39, 0.29) is 5.91 Å². The Morgan fingerprint density at radius 2 is 2.06 bits per heavy atom. The molecule has 1 aromatic carbocycles. The molecule has 0 radical (unpaired) electrons. The monoisotopic (exact) mass is 235 g/mol. The number of ether oxygens (including phenoxy) is 1. The third-order valence-corrected chi connectivity index (χ3v) is 2.68. The van der Waals surface area contributed by atoms with Crippen molar-refractivity contribution < 1.29 is 19.4 Å². The number of esters is 1. The summed E-state index contributed by atoms with van der Waals surface area (Å²) in [4.78, 5) is 22.8. The van der Waals surface area contributed by atoms with E-state index in [1.54, 1.807) is 30.3 Å². The minimum Gasteiger partial charge on any atom is -0.437 e. The van der Waals surface area contributed by atoms with Gasteiger partial charge in [-0.1, -0.05) is 18.2 Å². The van der Waals surface area contributed by atoms with E-state index in [2.05, 4.69) is 5.32 Å². The zero-order chi connectivity index (χ0) is 12.4. The van der Waals surface area contributed by atoms with Crippen LogP contribution in [0.2, 0.25) is 0 Å². The number of nitrogens with one attached hydrogen (secondary N) is 1. The Hall–Kier alpha value is -1.88. The fourth-order valence-electron chi connectivity index (χ4n) is 1.70. The van der Waals surface area contributed by atoms with Gasteiger partial charge in [0.1, 0.15) is 5.92 Å². The van der Waals surface area contributed by atoms with E-state index in [9.17, 15) is 14.7 Å². The summed E-state index contributed by atoms with van der Waals surface area (Å²) in [6, 6.07) is 8.49. The first kappa shape index (κ1) is 11.6. The van der Waals surface area contributed by atoms with Gasteiger partial charge in [-0.15, -0.1) is 0 Å². The molecule has 1 aromatic rings. The van der Waals surface area contributed by atoms with Crippen LogP contribution in [0.3, 0.4) is 0 Å². The van der Waals surface area contributed by atoms with Crippen molar-refractivity contribution in [2.45, 2.75) is 19.3 Å². The minimum atomic E-state index is -0.836. The molecular weight excluding hydrogens is 222 g/mol. The first-order valence-corrected chi connectivity index (χ1v) is 5.34. The summed E-state index contributed by atoms with van der Waals surface area (Å²) < 4.78 is 5.09. The first-order chi connectivity index (χ1) is 8.09. The summed E-state index contributed by atoms with van der Waals surface area (Å²) in [5.74, 6) is -1.49. The second-order valence-electron chi connectivity index (χ2n) is 3.97. The van der Waals surface area contributed by atoms with Crippen LogP contribution < -0.4 is 5.32 Å². The maximum absolute atomic E-state index is 11.7. The standard InChI is InChI=1S/C12H13NO4/c1-7(14)9-10(15)13-11(9)17-12(16)8-5-3-2-4-6-8/h2-7,9,11,14H,1H3,(H,13,15). The van der Waals surface area contributed by atoms with Crippen LogP contribution in [0.4, 0.5) is 0 Å². The van der Waals surface area contributed by atoms with E-state index in [4.69, 9.17) is 4.74 Å². The van der Waals surface area contributed by atoms with Gasteiger partial charge in [-0.2, -0.15) is 0 Å². The zero-order valence-corrected chi connectivity index (χ0v) is 9.29. The number of hydrogen-bond donors (Lipinski definition) is 2. The predicted octanol–water partition coefficient (Wildman–Crippen LogP) is 0.296. The Morgan fingerprint density at radius 3 is 2.59 bits per heavy atom. The molecule has 1 aliphatic heterocycles. The second-order valence-corrected chi connectivity index (χ2v) is 3.97. The number of rotatable bonds is 3. The Kier molecular flexibility index (Phi) is 3.10. The van der Waals surface area contributed by atoms with Gasteiger partial charge in [0, 0.05) is 0 Å². The topological polar surface area (TPSA) is 75.6 Å². The van der Waals surface area contributed by atoms with Gasteiger partial charge in [-0.05, 0) is 19.1 Å². The highest BCUT2D eigenvalue weighted by molar-refractivity contribution is 5.91. The van der Waals surface area contributed by atoms with Crippen LogP contribution in [0.25, 0.3) is 0 Å². The molecule has 0 bridgehead atoms. The van der Waals surface area contributed by atoms with E-state index in [0.717, 1.165) is 0 Å². The van der Waals surface area contributed by atoms with Gasteiger partial charge in [0.15, 0.2) is 6.23 Å². The lowest BCUT2D eigenvalue weighted by atomic mass is 9.93. The highest BCUT2D eigenvalue weighted by Crippen LogP contribution is 2.21. The molecule has 17 heavy (non-hydrogen) atoms. The van der Waals surface area contributed by atoms with Crippen molar-refractivity contribution in [1.29, 1.82) is 0 Å². The summed E-state index contributed by atoms with van der Waals surface area (Å²) in [6.45, 7) is 1.49. The molecule has 5 heteroatoms. The molecule has 0 aromatic heterocycles. The van der Waals surface area contributed by atoms with E-state index < -0.39 is 24.2 Å². The number of amides is 1. The lowest BCUT2D eigenvalue weighted by Gasteiger charge is -2.37. The Balaban J connectivity index is 1.99. The molecule has 1 heterocycles. The van der Waals surface area contributed by atoms with Gasteiger partial charge in [0.05, 0.1) is 11.7 Å². The number of benzene rings is 1. The van der Waals surface area contributed by atoms with Crippen molar-refractivity contribution in [3.63, 3.8) is 0 Å². The van der Waals surface area contributed by atoms with Crippen LogP contribution in [-0.2, 0) is 9.53 Å². The molecule has 90 valence electrons. The van der Waals surface area contributed by atoms with Crippen LogP contribution in [0.1, 0.15) is 17.3 Å². The molecule has 1 fully saturated rings. The summed E-state index contributed by atoms with van der Waals surface area (Å²) in [7, 11) is 0. The average molecular weight is 235 g/mol. The van der Waals surface area contributed by atoms with Gasteiger partial charge >= 0.3 is 5.97 Å². The molecule has 0 saturated carbocycles. The van der Waals surface area contributed by atoms with Crippen molar-refractivity contribution in [2.75, 3.05) is 0 Å². The predicted molar refractivity (Wildman–Crippen MR) is 59.0 cm³/mol. The third-order valence-electron chi connectivity index (χ3n) is 2.68. The number of carbonyl (C=O) groups excluding carboxylic acids is 2. The summed E-state index contributed by atoms with van der Waals surface area (Å²) in [6.07, 6.45) is -1.58. The fraction of sp³-hybridized carbons (Fsp3) is 0.333. The van der Waals surface area contributed by atoms with Crippen molar-refractivity contribution in [1.82, 2.24) is 5.32 Å². The molecule has 3 atom stereocenters. The molecule has 1 saturated heterocycles. The maximum Gasteiger partial charge on any atom is 0.340 e. The molecule has 1 amide bonds. The highest BCUT2D eigenvalue weighted by atomic mass is 16.6. The van der Waals surface area contributed by atoms with Crippen molar-refractivity contribution in [2.24, 2.45) is 5.92 Å². The largest absolute Gasteiger partial charge is 0.437 e. The van der Waals surface area contributed by atoms with Gasteiger partial charge in [-0.3, -0.25) is 4.79 Å². The van der Waals surface area contributed by atoms with Crippen molar-refractivity contribution in [3.8, 4) is 0 Å². The summed E-state index contributed by atoms with van der Waals surface area (Å²) in [5, 5.41) is 11.8. The van der Waals surface area contributed by atoms with E-state index in [0.29, 0.717) is 5.56 Å². The maximum atomic E-state index is 11.7. The van der Waals surface area contributed by atoms with Crippen LogP contribution in [-0.4, -0.2) is 29.3 Å². The quantitative estimate of drug-likeness (QED) is 0.583. The summed E-state index contributed by atoms with van der Waals surface area (Å²) in [5.41, 5.74) is 0.415. The first-order valence-electron chi connectivity index (χ1n) is 5.34. The van der Waals surface area contributed by atoms with Crippen LogP contribution in [0.15, 0.2) is 30.3 Å². The normalized spacial score (nSPS) is 24.5. The second kappa shape index (κ2) is 4.55. The highest BCUT2D eigenvalue weighted by Gasteiger charge is 2.45. The lowest BCUT2D eigenvalue weighted by Crippen LogP contribution is -2.63. The van der Waals surface area contributed by atoms with E-state index in [1.165, 1.54) is 6.92 Å². The molecule has 2 rings (SSSR count). The van der Waals surface area contributed by atoms with Crippen LogP contribution in [0, 0.1) is 5.92 Å². The van der Waals surface area contributed by atoms with Crippen molar-refractivity contribution >= 4 is 11.9 Å². The Morgan fingerprint density at radius 1 is 1.41 bits per heavy atom. The van der Waals surface area contributed by atoms with Gasteiger partial charge in [0.2, 0.25) is 5.91 Å². The number of aliphatic hydroxyl groups excluding tert-OH is 1. The van der Waals surface area contributed by atoms with Gasteiger partial charge in [-0.25, -0.2) is 4.79 Å². The molecule has 3 unspecified atom stereocenters. The SMILES string of the molecule is CC(O)C1C(=O)NC1OC(=O)c1ccccc1. The molecule has 0 aliphatic carbocycles. The lowest BCUT2D eigenvalue weighted by molar-refractivity contribution is -0.155. The number of hydrogen-bond acceptors (Lipinski definition) is 4. The molecule has 2 N–H and O–H groups in total. The molecule has 0 spiro atoms. The van der Waals surface area contributed by atoms with Crippen LogP contribution >= 0.6 is 0 Å². The fourth-order valence-corrected chi connectivity index (χ4v) is 1.70. The van der Waals surface area contributed by atoms with E-state index in [1.807, 2.05) is 0 Å². The minimum absolute atomic E-state index is 0.300. The van der Waals surface area contributed by atoms with Gasteiger partial charge in [0.25, 0.3) is 0 Å². The summed E-state index contributed by atoms with van der Waals surface area (Å²) >= 11 is 0. The zero-order valence-electron chi connectivity index (χ0n) is 9.29. The number of β-lactam (4-membered cyclic amide) rings is 1. The third kappa shape index (κ3) is 2.29. The average Bonchev–Trinajstić information content (AvgIpc) is 2.28. The number of carbonyl (C=O) groups is 2. The number of aliphatic hydroxyl groups is 1. The van der Waals surface area contributed by atoms with Crippen LogP contribution in [0.5, 0.6) is 0 Å². The smallest absolute Gasteiger partial charge is 0.340 e.